The predicted molar refractivity (Wildman–Crippen MR) is 137 cm³/mol. The van der Waals surface area contributed by atoms with Crippen molar-refractivity contribution in [2.75, 3.05) is 6.54 Å². The minimum absolute atomic E-state index is 0.0874. The van der Waals surface area contributed by atoms with Gasteiger partial charge in [-0.2, -0.15) is 13.2 Å². The van der Waals surface area contributed by atoms with Crippen LogP contribution >= 0.6 is 0 Å². The maximum Gasteiger partial charge on any atom is 0.416 e. The number of hydrogen-bond acceptors (Lipinski definition) is 4. The fourth-order valence-corrected chi connectivity index (χ4v) is 5.65. The number of rotatable bonds is 7. The summed E-state index contributed by atoms with van der Waals surface area (Å²) in [5.74, 6) is -5.13. The number of carboxylic acid groups (broad SMARTS) is 1. The molecule has 0 saturated carbocycles. The Labute approximate surface area is 222 Å². The number of hydrogen-bond donors (Lipinski definition) is 2. The predicted octanol–water partition coefficient (Wildman–Crippen LogP) is 4.73. The Morgan fingerprint density at radius 1 is 0.949 bits per heavy atom. The molecule has 0 spiro atoms. The van der Waals surface area contributed by atoms with Crippen LogP contribution in [0.4, 0.5) is 13.2 Å². The molecule has 4 atom stereocenters. The number of halogens is 3. The molecule has 2 amide bonds. The molecule has 2 heterocycles. The molecule has 3 aromatic rings. The minimum atomic E-state index is -4.63. The molecule has 200 valence electrons. The molecule has 2 saturated heterocycles. The van der Waals surface area contributed by atoms with Gasteiger partial charge in [-0.05, 0) is 28.8 Å². The fraction of sp³-hybridized carbons (Fsp3) is 0.233. The standard InChI is InChI=1S/C30H25F3N2O4/c31-30(32,33)22-15-7-14-21(17-22)25-23-24(29(34-25,28(38)39)18-20-11-5-2-6-12-20)27(37)35(26(23)36)16-8-13-19-9-3-1-4-10-19/h1-15,17,23-25,34H,16,18H2,(H,38,39)/b13-8-. The number of benzene rings is 3. The highest BCUT2D eigenvalue weighted by molar-refractivity contribution is 6.09. The Bertz CT molecular complexity index is 1420. The van der Waals surface area contributed by atoms with Crippen molar-refractivity contribution in [1.29, 1.82) is 0 Å². The van der Waals surface area contributed by atoms with Gasteiger partial charge in [-0.1, -0.05) is 84.9 Å². The van der Waals surface area contributed by atoms with E-state index < -0.39 is 52.9 Å². The summed E-state index contributed by atoms with van der Waals surface area (Å²) in [5, 5.41) is 13.5. The van der Waals surface area contributed by atoms with Crippen LogP contribution in [0.25, 0.3) is 6.08 Å². The molecule has 0 radical (unpaired) electrons. The smallest absolute Gasteiger partial charge is 0.416 e. The number of nitrogens with one attached hydrogen (secondary N) is 1. The number of fused-ring (bicyclic) bond motifs is 1. The Morgan fingerprint density at radius 2 is 1.62 bits per heavy atom. The van der Waals surface area contributed by atoms with Crippen molar-refractivity contribution in [3.05, 3.63) is 113 Å². The van der Waals surface area contributed by atoms with E-state index in [1.807, 2.05) is 30.3 Å². The SMILES string of the molecule is O=C1C2C(c3cccc(C(F)(F)F)c3)NC(Cc3ccccc3)(C(=O)O)C2C(=O)N1C/C=C\c1ccccc1. The van der Waals surface area contributed by atoms with E-state index in [0.29, 0.717) is 5.56 Å². The molecule has 6 nitrogen and oxygen atoms in total. The number of imide groups is 1. The summed E-state index contributed by atoms with van der Waals surface area (Å²) in [6.45, 7) is -0.0874. The van der Waals surface area contributed by atoms with Crippen LogP contribution in [0.3, 0.4) is 0 Å². The van der Waals surface area contributed by atoms with Crippen molar-refractivity contribution in [3.63, 3.8) is 0 Å². The topological polar surface area (TPSA) is 86.7 Å². The molecule has 3 aromatic carbocycles. The van der Waals surface area contributed by atoms with E-state index >= 15 is 0 Å². The van der Waals surface area contributed by atoms with Crippen LogP contribution in [-0.4, -0.2) is 39.9 Å². The third kappa shape index (κ3) is 4.85. The van der Waals surface area contributed by atoms with E-state index in [4.69, 9.17) is 0 Å². The molecular formula is C30H25F3N2O4. The van der Waals surface area contributed by atoms with Gasteiger partial charge < -0.3 is 5.11 Å². The van der Waals surface area contributed by atoms with E-state index in [1.54, 1.807) is 42.5 Å². The lowest BCUT2D eigenvalue weighted by molar-refractivity contribution is -0.151. The van der Waals surface area contributed by atoms with Crippen LogP contribution in [0.15, 0.2) is 91.0 Å². The summed E-state index contributed by atoms with van der Waals surface area (Å²) < 4.78 is 40.6. The third-order valence-corrected chi connectivity index (χ3v) is 7.42. The average molecular weight is 535 g/mol. The molecule has 0 aromatic heterocycles. The van der Waals surface area contributed by atoms with Crippen molar-refractivity contribution in [2.45, 2.75) is 24.2 Å². The Hall–Kier alpha value is -4.24. The molecular weight excluding hydrogens is 509 g/mol. The highest BCUT2D eigenvalue weighted by Crippen LogP contribution is 2.50. The summed E-state index contributed by atoms with van der Waals surface area (Å²) in [4.78, 5) is 41.3. The second kappa shape index (κ2) is 10.1. The number of likely N-dealkylation sites (tertiary alicyclic amines) is 1. The Kier molecular flexibility index (Phi) is 6.86. The van der Waals surface area contributed by atoms with E-state index in [2.05, 4.69) is 5.32 Å². The summed E-state index contributed by atoms with van der Waals surface area (Å²) in [6, 6.07) is 21.2. The zero-order chi connectivity index (χ0) is 27.8. The van der Waals surface area contributed by atoms with Gasteiger partial charge in [-0.3, -0.25) is 24.6 Å². The molecule has 2 aliphatic heterocycles. The summed E-state index contributed by atoms with van der Waals surface area (Å²) in [6.07, 6.45) is -1.39. The number of aliphatic carboxylic acids is 1. The van der Waals surface area contributed by atoms with Gasteiger partial charge in [0.25, 0.3) is 0 Å². The van der Waals surface area contributed by atoms with Crippen molar-refractivity contribution < 1.29 is 32.7 Å². The average Bonchev–Trinajstić information content (AvgIpc) is 3.39. The number of carbonyl (C=O) groups excluding carboxylic acids is 2. The molecule has 0 bridgehead atoms. The molecule has 2 fully saturated rings. The van der Waals surface area contributed by atoms with Crippen LogP contribution in [0, 0.1) is 11.8 Å². The largest absolute Gasteiger partial charge is 0.480 e. The van der Waals surface area contributed by atoms with Crippen LogP contribution in [0.5, 0.6) is 0 Å². The molecule has 39 heavy (non-hydrogen) atoms. The van der Waals surface area contributed by atoms with E-state index in [9.17, 15) is 32.7 Å². The zero-order valence-corrected chi connectivity index (χ0v) is 20.6. The first-order valence-corrected chi connectivity index (χ1v) is 12.4. The zero-order valence-electron chi connectivity index (χ0n) is 20.6. The highest BCUT2D eigenvalue weighted by atomic mass is 19.4. The Balaban J connectivity index is 1.56. The number of carboxylic acids is 1. The number of nitrogens with zero attached hydrogens (tertiary/aromatic N) is 1. The summed E-state index contributed by atoms with van der Waals surface area (Å²) >= 11 is 0. The van der Waals surface area contributed by atoms with Crippen molar-refractivity contribution >= 4 is 23.9 Å². The van der Waals surface area contributed by atoms with E-state index in [0.717, 1.165) is 22.6 Å². The van der Waals surface area contributed by atoms with E-state index in [-0.39, 0.29) is 18.5 Å². The molecule has 2 aliphatic rings. The van der Waals surface area contributed by atoms with Gasteiger partial charge in [0.15, 0.2) is 0 Å². The molecule has 9 heteroatoms. The van der Waals surface area contributed by atoms with Crippen LogP contribution in [0.2, 0.25) is 0 Å². The van der Waals surface area contributed by atoms with Gasteiger partial charge in [0, 0.05) is 19.0 Å². The van der Waals surface area contributed by atoms with Gasteiger partial charge in [-0.25, -0.2) is 0 Å². The lowest BCUT2D eigenvalue weighted by Crippen LogP contribution is -2.57. The van der Waals surface area contributed by atoms with Crippen molar-refractivity contribution in [3.8, 4) is 0 Å². The second-order valence-electron chi connectivity index (χ2n) is 9.79. The van der Waals surface area contributed by atoms with Gasteiger partial charge in [-0.15, -0.1) is 0 Å². The fourth-order valence-electron chi connectivity index (χ4n) is 5.65. The molecule has 0 aliphatic carbocycles. The van der Waals surface area contributed by atoms with E-state index in [1.165, 1.54) is 12.1 Å². The van der Waals surface area contributed by atoms with Crippen LogP contribution in [-0.2, 0) is 27.0 Å². The van der Waals surface area contributed by atoms with Gasteiger partial charge in [0.2, 0.25) is 11.8 Å². The highest BCUT2D eigenvalue weighted by Gasteiger charge is 2.68. The lowest BCUT2D eigenvalue weighted by Gasteiger charge is -2.31. The van der Waals surface area contributed by atoms with Gasteiger partial charge >= 0.3 is 12.1 Å². The Morgan fingerprint density at radius 3 is 2.26 bits per heavy atom. The first-order valence-electron chi connectivity index (χ1n) is 12.4. The van der Waals surface area contributed by atoms with Crippen molar-refractivity contribution in [2.24, 2.45) is 11.8 Å². The van der Waals surface area contributed by atoms with Gasteiger partial charge in [0.05, 0.1) is 17.4 Å². The molecule has 4 unspecified atom stereocenters. The monoisotopic (exact) mass is 534 g/mol. The lowest BCUT2D eigenvalue weighted by atomic mass is 9.76. The second-order valence-corrected chi connectivity index (χ2v) is 9.79. The maximum absolute atomic E-state index is 13.7. The number of carbonyl (C=O) groups is 3. The first kappa shape index (κ1) is 26.4. The molecule has 2 N–H and O–H groups in total. The first-order chi connectivity index (χ1) is 18.6. The number of amides is 2. The van der Waals surface area contributed by atoms with Crippen molar-refractivity contribution in [1.82, 2.24) is 10.2 Å². The minimum Gasteiger partial charge on any atom is -0.480 e. The van der Waals surface area contributed by atoms with Gasteiger partial charge in [0.1, 0.15) is 5.54 Å². The maximum atomic E-state index is 13.7. The normalized spacial score (nSPS) is 24.9. The quantitative estimate of drug-likeness (QED) is 0.428. The third-order valence-electron chi connectivity index (χ3n) is 7.42. The summed E-state index contributed by atoms with van der Waals surface area (Å²) in [5.41, 5.74) is -1.27. The van der Waals surface area contributed by atoms with Crippen LogP contribution in [0.1, 0.15) is 28.3 Å². The molecule has 5 rings (SSSR count). The number of alkyl halides is 3. The van der Waals surface area contributed by atoms with Crippen LogP contribution < -0.4 is 5.32 Å². The summed E-state index contributed by atoms with van der Waals surface area (Å²) in [7, 11) is 0.